The summed E-state index contributed by atoms with van der Waals surface area (Å²) in [6.07, 6.45) is 1.84. The molecule has 1 aromatic carbocycles. The fraction of sp³-hybridized carbons (Fsp3) is 0.412. The zero-order valence-electron chi connectivity index (χ0n) is 13.5. The number of benzene rings is 1. The van der Waals surface area contributed by atoms with Crippen LogP contribution in [-0.4, -0.2) is 46.5 Å². The van der Waals surface area contributed by atoms with Crippen molar-refractivity contribution in [3.63, 3.8) is 0 Å². The van der Waals surface area contributed by atoms with E-state index in [0.29, 0.717) is 36.6 Å². The van der Waals surface area contributed by atoms with E-state index < -0.39 is 6.10 Å². The molecular weight excluding hydrogens is 328 g/mol. The van der Waals surface area contributed by atoms with Crippen LogP contribution in [0.4, 0.5) is 0 Å². The molecule has 2 aromatic rings. The highest BCUT2D eigenvalue weighted by molar-refractivity contribution is 6.30. The fourth-order valence-corrected chi connectivity index (χ4v) is 3.17. The Kier molecular flexibility index (Phi) is 5.18. The Morgan fingerprint density at radius 3 is 3.00 bits per heavy atom. The van der Waals surface area contributed by atoms with Gasteiger partial charge in [-0.25, -0.2) is 4.68 Å². The number of aliphatic hydroxyl groups excluding tert-OH is 1. The molecule has 0 bridgehead atoms. The van der Waals surface area contributed by atoms with Gasteiger partial charge in [-0.1, -0.05) is 24.6 Å². The third kappa shape index (κ3) is 3.45. The van der Waals surface area contributed by atoms with Crippen molar-refractivity contribution in [3.8, 4) is 5.69 Å². The van der Waals surface area contributed by atoms with Gasteiger partial charge < -0.3 is 15.7 Å². The molecule has 6 nitrogen and oxygen atoms in total. The maximum Gasteiger partial charge on any atom is 0.254 e. The van der Waals surface area contributed by atoms with Crippen LogP contribution in [0.3, 0.4) is 0 Å². The van der Waals surface area contributed by atoms with Gasteiger partial charge in [0.15, 0.2) is 0 Å². The molecule has 24 heavy (non-hydrogen) atoms. The monoisotopic (exact) mass is 348 g/mol. The normalized spacial score (nSPS) is 20.3. The number of aromatic nitrogens is 2. The van der Waals surface area contributed by atoms with Crippen molar-refractivity contribution in [3.05, 3.63) is 46.7 Å². The van der Waals surface area contributed by atoms with E-state index in [9.17, 15) is 9.90 Å². The number of carbonyl (C=O) groups is 1. The smallest absolute Gasteiger partial charge is 0.254 e. The minimum atomic E-state index is -0.412. The van der Waals surface area contributed by atoms with Crippen LogP contribution >= 0.6 is 11.6 Å². The van der Waals surface area contributed by atoms with Crippen molar-refractivity contribution < 1.29 is 9.90 Å². The standard InChI is InChI=1S/C17H21ClN4O2/c1-2-15-14(17(24)20-8-11-7-19-10-16(11)23)9-21-22(15)13-5-3-4-12(18)6-13/h3-6,9,11,16,19,23H,2,7-8,10H2,1H3,(H,20,24). The van der Waals surface area contributed by atoms with Gasteiger partial charge >= 0.3 is 0 Å². The van der Waals surface area contributed by atoms with E-state index in [4.69, 9.17) is 11.6 Å². The quantitative estimate of drug-likeness (QED) is 0.763. The molecular formula is C17H21ClN4O2. The summed E-state index contributed by atoms with van der Waals surface area (Å²) < 4.78 is 1.74. The van der Waals surface area contributed by atoms with E-state index in [1.807, 2.05) is 25.1 Å². The van der Waals surface area contributed by atoms with Crippen LogP contribution in [0.25, 0.3) is 5.69 Å². The van der Waals surface area contributed by atoms with Crippen molar-refractivity contribution in [2.24, 2.45) is 5.92 Å². The number of rotatable bonds is 5. The van der Waals surface area contributed by atoms with E-state index in [-0.39, 0.29) is 11.8 Å². The second kappa shape index (κ2) is 7.34. The SMILES string of the molecule is CCc1c(C(=O)NCC2CNCC2O)cnn1-c1cccc(Cl)c1. The lowest BCUT2D eigenvalue weighted by molar-refractivity contribution is 0.0926. The Morgan fingerprint density at radius 1 is 1.50 bits per heavy atom. The number of hydrogen-bond donors (Lipinski definition) is 3. The molecule has 3 N–H and O–H groups in total. The van der Waals surface area contributed by atoms with E-state index in [1.165, 1.54) is 0 Å². The van der Waals surface area contributed by atoms with Crippen LogP contribution in [0.2, 0.25) is 5.02 Å². The minimum Gasteiger partial charge on any atom is -0.391 e. The van der Waals surface area contributed by atoms with Crippen LogP contribution in [0.1, 0.15) is 23.0 Å². The number of amides is 1. The average Bonchev–Trinajstić information content (AvgIpc) is 3.18. The number of carbonyl (C=O) groups excluding carboxylic acids is 1. The molecule has 3 rings (SSSR count). The first kappa shape index (κ1) is 17.0. The molecule has 1 aliphatic rings. The van der Waals surface area contributed by atoms with Gasteiger partial charge in [0.05, 0.1) is 29.2 Å². The molecule has 2 atom stereocenters. The van der Waals surface area contributed by atoms with Gasteiger partial charge in [-0.2, -0.15) is 5.10 Å². The predicted molar refractivity (Wildman–Crippen MR) is 92.7 cm³/mol. The fourth-order valence-electron chi connectivity index (χ4n) is 2.98. The van der Waals surface area contributed by atoms with Gasteiger partial charge in [-0.05, 0) is 24.6 Å². The Bertz CT molecular complexity index is 731. The zero-order chi connectivity index (χ0) is 17.1. The molecule has 7 heteroatoms. The first-order valence-electron chi connectivity index (χ1n) is 8.10. The Hall–Kier alpha value is -1.89. The Balaban J connectivity index is 1.77. The van der Waals surface area contributed by atoms with Crippen LogP contribution in [-0.2, 0) is 6.42 Å². The van der Waals surface area contributed by atoms with Gasteiger partial charge in [0.1, 0.15) is 0 Å². The van der Waals surface area contributed by atoms with E-state index >= 15 is 0 Å². The summed E-state index contributed by atoms with van der Waals surface area (Å²) in [7, 11) is 0. The number of nitrogens with one attached hydrogen (secondary N) is 2. The van der Waals surface area contributed by atoms with Crippen molar-refractivity contribution in [1.29, 1.82) is 0 Å². The topological polar surface area (TPSA) is 79.2 Å². The Labute approximate surface area is 145 Å². The van der Waals surface area contributed by atoms with Crippen molar-refractivity contribution >= 4 is 17.5 Å². The summed E-state index contributed by atoms with van der Waals surface area (Å²) >= 11 is 6.05. The molecule has 1 saturated heterocycles. The Morgan fingerprint density at radius 2 is 2.33 bits per heavy atom. The molecule has 0 saturated carbocycles. The summed E-state index contributed by atoms with van der Waals surface area (Å²) in [6, 6.07) is 7.37. The number of nitrogens with zero attached hydrogens (tertiary/aromatic N) is 2. The molecule has 1 aromatic heterocycles. The van der Waals surface area contributed by atoms with E-state index in [0.717, 1.165) is 11.4 Å². The summed E-state index contributed by atoms with van der Waals surface area (Å²) in [4.78, 5) is 12.5. The maximum absolute atomic E-state index is 12.5. The highest BCUT2D eigenvalue weighted by atomic mass is 35.5. The second-order valence-corrected chi connectivity index (χ2v) is 6.38. The van der Waals surface area contributed by atoms with Gasteiger partial charge in [0.2, 0.25) is 0 Å². The molecule has 1 amide bonds. The highest BCUT2D eigenvalue weighted by Crippen LogP contribution is 2.19. The second-order valence-electron chi connectivity index (χ2n) is 5.95. The lowest BCUT2D eigenvalue weighted by Crippen LogP contribution is -2.34. The first-order valence-corrected chi connectivity index (χ1v) is 8.47. The predicted octanol–water partition coefficient (Wildman–Crippen LogP) is 1.40. The number of halogens is 1. The van der Waals surface area contributed by atoms with Crippen LogP contribution < -0.4 is 10.6 Å². The van der Waals surface area contributed by atoms with Crippen LogP contribution in [0, 0.1) is 5.92 Å². The molecule has 1 fully saturated rings. The van der Waals surface area contributed by atoms with Crippen LogP contribution in [0.15, 0.2) is 30.5 Å². The molecule has 0 aliphatic carbocycles. The zero-order valence-corrected chi connectivity index (χ0v) is 14.3. The van der Waals surface area contributed by atoms with Crippen molar-refractivity contribution in [2.75, 3.05) is 19.6 Å². The summed E-state index contributed by atoms with van der Waals surface area (Å²) in [5, 5.41) is 20.8. The largest absolute Gasteiger partial charge is 0.391 e. The lowest BCUT2D eigenvalue weighted by Gasteiger charge is -2.14. The molecule has 0 spiro atoms. The molecule has 2 heterocycles. The molecule has 2 unspecified atom stereocenters. The number of β-amino-alcohol motifs (C(OH)–C–C–N with tert-alkyl or cyclic N) is 1. The van der Waals surface area contributed by atoms with E-state index in [1.54, 1.807) is 16.9 Å². The minimum absolute atomic E-state index is 0.0435. The van der Waals surface area contributed by atoms with Gasteiger partial charge in [0.25, 0.3) is 5.91 Å². The maximum atomic E-state index is 12.5. The lowest BCUT2D eigenvalue weighted by atomic mass is 10.1. The highest BCUT2D eigenvalue weighted by Gasteiger charge is 2.26. The van der Waals surface area contributed by atoms with Crippen LogP contribution in [0.5, 0.6) is 0 Å². The summed E-state index contributed by atoms with van der Waals surface area (Å²) in [6.45, 7) is 3.72. The first-order chi connectivity index (χ1) is 11.6. The number of hydrogen-bond acceptors (Lipinski definition) is 4. The van der Waals surface area contributed by atoms with E-state index in [2.05, 4.69) is 15.7 Å². The van der Waals surface area contributed by atoms with Crippen molar-refractivity contribution in [1.82, 2.24) is 20.4 Å². The average molecular weight is 349 g/mol. The third-order valence-corrected chi connectivity index (χ3v) is 4.57. The van der Waals surface area contributed by atoms with Gasteiger partial charge in [0, 0.05) is 30.6 Å². The van der Waals surface area contributed by atoms with Gasteiger partial charge in [-0.3, -0.25) is 4.79 Å². The molecule has 0 radical (unpaired) electrons. The molecule has 1 aliphatic heterocycles. The summed E-state index contributed by atoms with van der Waals surface area (Å²) in [5.41, 5.74) is 2.21. The molecule has 128 valence electrons. The van der Waals surface area contributed by atoms with Gasteiger partial charge in [-0.15, -0.1) is 0 Å². The number of aliphatic hydroxyl groups is 1. The third-order valence-electron chi connectivity index (χ3n) is 4.33. The summed E-state index contributed by atoms with van der Waals surface area (Å²) in [5.74, 6) is -0.124. The van der Waals surface area contributed by atoms with Crippen molar-refractivity contribution in [2.45, 2.75) is 19.4 Å².